The number of hydrogen-bond donors (Lipinski definition) is 1. The third kappa shape index (κ3) is 4.09. The van der Waals surface area contributed by atoms with E-state index < -0.39 is 30.4 Å². The molecule has 1 saturated heterocycles. The lowest BCUT2D eigenvalue weighted by Crippen LogP contribution is -2.30. The van der Waals surface area contributed by atoms with Crippen LogP contribution in [-0.2, 0) is 14.2 Å². The highest BCUT2D eigenvalue weighted by molar-refractivity contribution is 5.89. The summed E-state index contributed by atoms with van der Waals surface area (Å²) in [5, 5.41) is 10.3. The van der Waals surface area contributed by atoms with Crippen molar-refractivity contribution in [3.05, 3.63) is 71.8 Å². The van der Waals surface area contributed by atoms with Gasteiger partial charge in [-0.1, -0.05) is 43.3 Å². The minimum Gasteiger partial charge on any atom is -0.459 e. The molecule has 0 spiro atoms. The fourth-order valence-electron chi connectivity index (χ4n) is 2.70. The molecule has 3 rings (SSSR count). The predicted octanol–water partition coefficient (Wildman–Crippen LogP) is 2.42. The quantitative estimate of drug-likeness (QED) is 0.829. The van der Waals surface area contributed by atoms with Gasteiger partial charge in [-0.05, 0) is 24.3 Å². The molecule has 2 aromatic carbocycles. The van der Waals surface area contributed by atoms with Gasteiger partial charge in [-0.25, -0.2) is 9.59 Å². The molecule has 6 heteroatoms. The summed E-state index contributed by atoms with van der Waals surface area (Å²) in [6.45, 7) is 1.72. The molecular weight excluding hydrogens is 336 g/mol. The van der Waals surface area contributed by atoms with Crippen molar-refractivity contribution in [3.63, 3.8) is 0 Å². The molecule has 0 unspecified atom stereocenters. The third-order valence-electron chi connectivity index (χ3n) is 4.33. The lowest BCUT2D eigenvalue weighted by atomic mass is 10.0. The molecule has 0 aliphatic carbocycles. The second-order valence-corrected chi connectivity index (χ2v) is 6.13. The van der Waals surface area contributed by atoms with Gasteiger partial charge in [0.15, 0.2) is 0 Å². The van der Waals surface area contributed by atoms with Gasteiger partial charge in [0.1, 0.15) is 18.8 Å². The molecule has 1 heterocycles. The van der Waals surface area contributed by atoms with Crippen LogP contribution in [0.2, 0.25) is 0 Å². The summed E-state index contributed by atoms with van der Waals surface area (Å²) in [4.78, 5) is 24.1. The van der Waals surface area contributed by atoms with E-state index in [2.05, 4.69) is 0 Å². The highest BCUT2D eigenvalue weighted by Crippen LogP contribution is 2.28. The predicted molar refractivity (Wildman–Crippen MR) is 92.4 cm³/mol. The monoisotopic (exact) mass is 356 g/mol. The Morgan fingerprint density at radius 1 is 0.962 bits per heavy atom. The summed E-state index contributed by atoms with van der Waals surface area (Å²) >= 11 is 0. The van der Waals surface area contributed by atoms with Crippen LogP contribution in [0.3, 0.4) is 0 Å². The molecule has 0 aromatic heterocycles. The van der Waals surface area contributed by atoms with Crippen LogP contribution >= 0.6 is 0 Å². The standard InChI is InChI=1S/C20H20O6/c1-13-16(12-24-18(22)14-8-4-2-5-9-14)25-20(17(13)21)26-19(23)15-10-6-3-7-11-15/h2-11,13,16-17,20-21H,12H2,1H3/t13-,16-,17-,20-/m1/s1. The van der Waals surface area contributed by atoms with Crippen LogP contribution in [0.4, 0.5) is 0 Å². The van der Waals surface area contributed by atoms with Crippen molar-refractivity contribution in [2.75, 3.05) is 6.61 Å². The van der Waals surface area contributed by atoms with Gasteiger partial charge in [0.2, 0.25) is 6.29 Å². The summed E-state index contributed by atoms with van der Waals surface area (Å²) in [5.41, 5.74) is 0.806. The lowest BCUT2D eigenvalue weighted by molar-refractivity contribution is -0.139. The maximum atomic E-state index is 12.1. The fraction of sp³-hybridized carbons (Fsp3) is 0.300. The van der Waals surface area contributed by atoms with Crippen LogP contribution in [0.15, 0.2) is 60.7 Å². The molecule has 0 amide bonds. The van der Waals surface area contributed by atoms with E-state index in [1.807, 2.05) is 0 Å². The number of esters is 2. The first-order chi connectivity index (χ1) is 12.6. The van der Waals surface area contributed by atoms with Crippen molar-refractivity contribution < 1.29 is 28.9 Å². The van der Waals surface area contributed by atoms with Crippen molar-refractivity contribution in [2.45, 2.75) is 25.4 Å². The molecule has 1 aliphatic heterocycles. The van der Waals surface area contributed by atoms with Gasteiger partial charge in [-0.2, -0.15) is 0 Å². The van der Waals surface area contributed by atoms with Crippen molar-refractivity contribution in [2.24, 2.45) is 5.92 Å². The number of carbonyl (C=O) groups is 2. The average molecular weight is 356 g/mol. The molecule has 26 heavy (non-hydrogen) atoms. The van der Waals surface area contributed by atoms with Crippen LogP contribution < -0.4 is 0 Å². The minimum atomic E-state index is -1.10. The zero-order valence-corrected chi connectivity index (χ0v) is 14.3. The van der Waals surface area contributed by atoms with E-state index in [-0.39, 0.29) is 12.5 Å². The van der Waals surface area contributed by atoms with E-state index in [4.69, 9.17) is 14.2 Å². The van der Waals surface area contributed by atoms with Crippen LogP contribution in [0.5, 0.6) is 0 Å². The first kappa shape index (κ1) is 18.1. The largest absolute Gasteiger partial charge is 0.459 e. The van der Waals surface area contributed by atoms with Crippen molar-refractivity contribution >= 4 is 11.9 Å². The molecule has 4 atom stereocenters. The Balaban J connectivity index is 1.56. The Hall–Kier alpha value is -2.70. The Morgan fingerprint density at radius 3 is 2.08 bits per heavy atom. The number of carbonyl (C=O) groups excluding carboxylic acids is 2. The summed E-state index contributed by atoms with van der Waals surface area (Å²) in [7, 11) is 0. The summed E-state index contributed by atoms with van der Waals surface area (Å²) in [5.74, 6) is -1.41. The Labute approximate surface area is 151 Å². The molecular formula is C20H20O6. The summed E-state index contributed by atoms with van der Waals surface area (Å²) < 4.78 is 16.1. The number of ether oxygens (including phenoxy) is 3. The SMILES string of the molecule is C[C@H]1[C@@H](O)[C@@H](OC(=O)c2ccccc2)O[C@@H]1COC(=O)c1ccccc1. The number of aliphatic hydroxyl groups is 1. The van der Waals surface area contributed by atoms with Crippen LogP contribution in [0, 0.1) is 5.92 Å². The van der Waals surface area contributed by atoms with E-state index in [9.17, 15) is 14.7 Å². The lowest BCUT2D eigenvalue weighted by Gasteiger charge is -2.15. The molecule has 0 saturated carbocycles. The topological polar surface area (TPSA) is 82.1 Å². The van der Waals surface area contributed by atoms with Gasteiger partial charge in [-0.3, -0.25) is 0 Å². The third-order valence-corrected chi connectivity index (χ3v) is 4.33. The molecule has 1 N–H and O–H groups in total. The molecule has 1 aliphatic rings. The van der Waals surface area contributed by atoms with Gasteiger partial charge in [0.05, 0.1) is 11.1 Å². The van der Waals surface area contributed by atoms with Crippen molar-refractivity contribution in [3.8, 4) is 0 Å². The van der Waals surface area contributed by atoms with E-state index in [0.717, 1.165) is 0 Å². The molecule has 0 bridgehead atoms. The Bertz CT molecular complexity index is 745. The van der Waals surface area contributed by atoms with Crippen LogP contribution in [0.1, 0.15) is 27.6 Å². The average Bonchev–Trinajstić information content (AvgIpc) is 2.95. The maximum Gasteiger partial charge on any atom is 0.340 e. The zero-order chi connectivity index (χ0) is 18.5. The van der Waals surface area contributed by atoms with Crippen molar-refractivity contribution in [1.29, 1.82) is 0 Å². The normalized spacial score (nSPS) is 24.8. The first-order valence-electron chi connectivity index (χ1n) is 8.38. The molecule has 2 aromatic rings. The van der Waals surface area contributed by atoms with Crippen molar-refractivity contribution in [1.82, 2.24) is 0 Å². The second kappa shape index (κ2) is 8.12. The van der Waals surface area contributed by atoms with Crippen LogP contribution in [-0.4, -0.2) is 42.1 Å². The molecule has 0 radical (unpaired) electrons. The smallest absolute Gasteiger partial charge is 0.340 e. The van der Waals surface area contributed by atoms with Gasteiger partial charge in [0.25, 0.3) is 0 Å². The summed E-state index contributed by atoms with van der Waals surface area (Å²) in [6.07, 6.45) is -2.66. The number of aliphatic hydroxyl groups excluding tert-OH is 1. The highest BCUT2D eigenvalue weighted by atomic mass is 16.7. The van der Waals surface area contributed by atoms with Crippen LogP contribution in [0.25, 0.3) is 0 Å². The number of hydrogen-bond acceptors (Lipinski definition) is 6. The van der Waals surface area contributed by atoms with Gasteiger partial charge >= 0.3 is 11.9 Å². The number of benzene rings is 2. The Morgan fingerprint density at radius 2 is 1.50 bits per heavy atom. The zero-order valence-electron chi connectivity index (χ0n) is 14.3. The highest BCUT2D eigenvalue weighted by Gasteiger charge is 2.43. The Kier molecular flexibility index (Phi) is 5.65. The minimum absolute atomic E-state index is 0.0364. The van der Waals surface area contributed by atoms with Gasteiger partial charge in [0, 0.05) is 5.92 Å². The number of rotatable bonds is 5. The summed E-state index contributed by atoms with van der Waals surface area (Å²) in [6, 6.07) is 17.1. The van der Waals surface area contributed by atoms with Gasteiger partial charge in [-0.15, -0.1) is 0 Å². The second-order valence-electron chi connectivity index (χ2n) is 6.13. The maximum absolute atomic E-state index is 12.1. The fourth-order valence-corrected chi connectivity index (χ4v) is 2.70. The van der Waals surface area contributed by atoms with E-state index in [1.165, 1.54) is 0 Å². The van der Waals surface area contributed by atoms with E-state index in [1.54, 1.807) is 67.6 Å². The molecule has 1 fully saturated rings. The molecule has 136 valence electrons. The van der Waals surface area contributed by atoms with E-state index in [0.29, 0.717) is 11.1 Å². The van der Waals surface area contributed by atoms with Gasteiger partial charge < -0.3 is 19.3 Å². The first-order valence-corrected chi connectivity index (χ1v) is 8.38. The molecule has 6 nitrogen and oxygen atoms in total. The van der Waals surface area contributed by atoms with E-state index >= 15 is 0 Å².